The second kappa shape index (κ2) is 6.36. The molecule has 2 aliphatic heterocycles. The molecule has 0 radical (unpaired) electrons. The third-order valence-corrected chi connectivity index (χ3v) is 5.36. The van der Waals surface area contributed by atoms with Gasteiger partial charge in [-0.1, -0.05) is 36.4 Å². The highest BCUT2D eigenvalue weighted by atomic mass is 16.1. The number of aromatic nitrogens is 1. The van der Waals surface area contributed by atoms with Crippen LogP contribution in [-0.4, -0.2) is 34.4 Å². The normalized spacial score (nSPS) is 27.3. The fourth-order valence-electron chi connectivity index (χ4n) is 4.33. The standard InChI is InChI=1S/C20H23N3O/c24-19-9-4-10-20(22-19)15-23(13-16-6-5-11-21-12-16)14-18(20)17-7-2-1-3-8-17/h1-3,5-8,11-12,18H,4,9-10,13-15H2,(H,22,24)/t18-,20+/m0/s1. The van der Waals surface area contributed by atoms with Crippen molar-refractivity contribution >= 4 is 5.91 Å². The minimum absolute atomic E-state index is 0.126. The number of piperidine rings is 1. The maximum absolute atomic E-state index is 12.1. The number of amides is 1. The van der Waals surface area contributed by atoms with E-state index in [1.807, 2.05) is 18.5 Å². The number of likely N-dealkylation sites (tertiary alicyclic amines) is 1. The van der Waals surface area contributed by atoms with Crippen molar-refractivity contribution in [1.82, 2.24) is 15.2 Å². The topological polar surface area (TPSA) is 45.2 Å². The van der Waals surface area contributed by atoms with Crippen LogP contribution in [0.4, 0.5) is 0 Å². The lowest BCUT2D eigenvalue weighted by Crippen LogP contribution is -2.56. The van der Waals surface area contributed by atoms with Gasteiger partial charge in [0.1, 0.15) is 0 Å². The number of nitrogens with zero attached hydrogens (tertiary/aromatic N) is 2. The summed E-state index contributed by atoms with van der Waals surface area (Å²) in [6.07, 6.45) is 6.44. The molecule has 0 aliphatic carbocycles. The first-order chi connectivity index (χ1) is 11.8. The van der Waals surface area contributed by atoms with E-state index >= 15 is 0 Å². The molecule has 2 aliphatic rings. The third kappa shape index (κ3) is 2.94. The van der Waals surface area contributed by atoms with Crippen LogP contribution in [0.2, 0.25) is 0 Å². The Morgan fingerprint density at radius 1 is 1.21 bits per heavy atom. The van der Waals surface area contributed by atoms with Gasteiger partial charge in [-0.2, -0.15) is 0 Å². The van der Waals surface area contributed by atoms with Crippen LogP contribution in [0.25, 0.3) is 0 Å². The van der Waals surface area contributed by atoms with E-state index in [9.17, 15) is 4.79 Å². The van der Waals surface area contributed by atoms with Gasteiger partial charge in [0.25, 0.3) is 0 Å². The summed E-state index contributed by atoms with van der Waals surface area (Å²) >= 11 is 0. The van der Waals surface area contributed by atoms with Gasteiger partial charge in [-0.15, -0.1) is 0 Å². The van der Waals surface area contributed by atoms with Crippen LogP contribution < -0.4 is 5.32 Å². The molecule has 0 saturated carbocycles. The van der Waals surface area contributed by atoms with E-state index in [4.69, 9.17) is 0 Å². The predicted molar refractivity (Wildman–Crippen MR) is 93.4 cm³/mol. The summed E-state index contributed by atoms with van der Waals surface area (Å²) in [6, 6.07) is 14.7. The van der Waals surface area contributed by atoms with Gasteiger partial charge >= 0.3 is 0 Å². The molecule has 1 aromatic carbocycles. The van der Waals surface area contributed by atoms with Crippen LogP contribution in [-0.2, 0) is 11.3 Å². The van der Waals surface area contributed by atoms with Gasteiger partial charge in [0, 0.05) is 44.4 Å². The smallest absolute Gasteiger partial charge is 0.220 e. The molecule has 2 fully saturated rings. The molecule has 4 heteroatoms. The average Bonchev–Trinajstić information content (AvgIpc) is 2.93. The fourth-order valence-corrected chi connectivity index (χ4v) is 4.33. The number of carbonyl (C=O) groups excluding carboxylic acids is 1. The molecule has 2 atom stereocenters. The van der Waals surface area contributed by atoms with Crippen molar-refractivity contribution in [2.45, 2.75) is 37.3 Å². The van der Waals surface area contributed by atoms with Gasteiger partial charge in [-0.05, 0) is 30.0 Å². The molecule has 0 unspecified atom stereocenters. The lowest BCUT2D eigenvalue weighted by atomic mass is 9.76. The van der Waals surface area contributed by atoms with Crippen LogP contribution in [0.15, 0.2) is 54.9 Å². The first-order valence-corrected chi connectivity index (χ1v) is 8.72. The summed E-state index contributed by atoms with van der Waals surface area (Å²) in [6.45, 7) is 2.77. The van der Waals surface area contributed by atoms with Gasteiger partial charge in [0.05, 0.1) is 5.54 Å². The van der Waals surface area contributed by atoms with Gasteiger partial charge in [0.15, 0.2) is 0 Å². The largest absolute Gasteiger partial charge is 0.349 e. The molecule has 4 nitrogen and oxygen atoms in total. The summed E-state index contributed by atoms with van der Waals surface area (Å²) < 4.78 is 0. The molecule has 4 rings (SSSR count). The zero-order valence-electron chi connectivity index (χ0n) is 13.8. The number of hydrogen-bond acceptors (Lipinski definition) is 3. The van der Waals surface area contributed by atoms with Crippen LogP contribution in [0, 0.1) is 0 Å². The molecule has 2 aromatic rings. The summed E-state index contributed by atoms with van der Waals surface area (Å²) in [4.78, 5) is 18.8. The molecule has 3 heterocycles. The molecular weight excluding hydrogens is 298 g/mol. The molecule has 124 valence electrons. The Hall–Kier alpha value is -2.20. The Bertz CT molecular complexity index is 703. The number of benzene rings is 1. The number of hydrogen-bond donors (Lipinski definition) is 1. The van der Waals surface area contributed by atoms with E-state index in [0.717, 1.165) is 32.5 Å². The average molecular weight is 321 g/mol. The second-order valence-electron chi connectivity index (χ2n) is 7.05. The maximum atomic E-state index is 12.1. The van der Waals surface area contributed by atoms with E-state index < -0.39 is 0 Å². The number of nitrogens with one attached hydrogen (secondary N) is 1. The molecule has 1 N–H and O–H groups in total. The highest BCUT2D eigenvalue weighted by Gasteiger charge is 2.49. The Balaban J connectivity index is 1.61. The van der Waals surface area contributed by atoms with Crippen molar-refractivity contribution in [2.75, 3.05) is 13.1 Å². The molecule has 24 heavy (non-hydrogen) atoms. The zero-order chi connectivity index (χ0) is 16.4. The van der Waals surface area contributed by atoms with Gasteiger partial charge < -0.3 is 5.32 Å². The van der Waals surface area contributed by atoms with E-state index in [-0.39, 0.29) is 11.4 Å². The minimum atomic E-state index is -0.126. The van der Waals surface area contributed by atoms with Crippen LogP contribution in [0.1, 0.15) is 36.3 Å². The summed E-state index contributed by atoms with van der Waals surface area (Å²) in [5.74, 6) is 0.546. The minimum Gasteiger partial charge on any atom is -0.349 e. The third-order valence-electron chi connectivity index (χ3n) is 5.36. The summed E-state index contributed by atoms with van der Waals surface area (Å²) in [5, 5.41) is 3.36. The molecule has 1 amide bonds. The molecule has 1 spiro atoms. The number of rotatable bonds is 3. The van der Waals surface area contributed by atoms with E-state index in [0.29, 0.717) is 12.3 Å². The van der Waals surface area contributed by atoms with Crippen molar-refractivity contribution in [3.8, 4) is 0 Å². The predicted octanol–water partition coefficient (Wildman–Crippen LogP) is 2.72. The Morgan fingerprint density at radius 2 is 2.08 bits per heavy atom. The van der Waals surface area contributed by atoms with Gasteiger partial charge in [0.2, 0.25) is 5.91 Å². The van der Waals surface area contributed by atoms with Crippen LogP contribution in [0.5, 0.6) is 0 Å². The van der Waals surface area contributed by atoms with E-state index in [1.165, 1.54) is 11.1 Å². The van der Waals surface area contributed by atoms with Crippen molar-refractivity contribution in [1.29, 1.82) is 0 Å². The van der Waals surface area contributed by atoms with Gasteiger partial charge in [-0.25, -0.2) is 0 Å². The monoisotopic (exact) mass is 321 g/mol. The zero-order valence-corrected chi connectivity index (χ0v) is 13.8. The molecule has 1 aromatic heterocycles. The van der Waals surface area contributed by atoms with Crippen molar-refractivity contribution in [3.05, 3.63) is 66.0 Å². The van der Waals surface area contributed by atoms with E-state index in [1.54, 1.807) is 0 Å². The highest BCUT2D eigenvalue weighted by Crippen LogP contribution is 2.41. The SMILES string of the molecule is O=C1CCC[C@]2(CN(Cc3cccnc3)C[C@H]2c2ccccc2)N1. The second-order valence-corrected chi connectivity index (χ2v) is 7.05. The van der Waals surface area contributed by atoms with E-state index in [2.05, 4.69) is 51.6 Å². The molecular formula is C20H23N3O. The van der Waals surface area contributed by atoms with Crippen LogP contribution in [0.3, 0.4) is 0 Å². The summed E-state index contributed by atoms with van der Waals surface area (Å²) in [7, 11) is 0. The quantitative estimate of drug-likeness (QED) is 0.945. The molecule has 0 bridgehead atoms. The Morgan fingerprint density at radius 3 is 2.83 bits per heavy atom. The van der Waals surface area contributed by atoms with Gasteiger partial charge in [-0.3, -0.25) is 14.7 Å². The number of carbonyl (C=O) groups is 1. The Labute approximate surface area is 142 Å². The first-order valence-electron chi connectivity index (χ1n) is 8.72. The summed E-state index contributed by atoms with van der Waals surface area (Å²) in [5.41, 5.74) is 2.43. The maximum Gasteiger partial charge on any atom is 0.220 e. The number of pyridine rings is 1. The first kappa shape index (κ1) is 15.3. The lowest BCUT2D eigenvalue weighted by Gasteiger charge is -2.39. The fraction of sp³-hybridized carbons (Fsp3) is 0.400. The Kier molecular flexibility index (Phi) is 4.07. The van der Waals surface area contributed by atoms with Crippen molar-refractivity contribution in [2.24, 2.45) is 0 Å². The molecule has 2 saturated heterocycles. The highest BCUT2D eigenvalue weighted by molar-refractivity contribution is 5.78. The van der Waals surface area contributed by atoms with Crippen molar-refractivity contribution < 1.29 is 4.79 Å². The lowest BCUT2D eigenvalue weighted by molar-refractivity contribution is -0.125. The van der Waals surface area contributed by atoms with Crippen molar-refractivity contribution in [3.63, 3.8) is 0 Å². The van der Waals surface area contributed by atoms with Crippen LogP contribution >= 0.6 is 0 Å².